The fourth-order valence-corrected chi connectivity index (χ4v) is 1.78. The molecule has 1 N–H and O–H groups in total. The van der Waals surface area contributed by atoms with Gasteiger partial charge < -0.3 is 14.5 Å². The van der Waals surface area contributed by atoms with Crippen LogP contribution in [-0.2, 0) is 14.3 Å². The van der Waals surface area contributed by atoms with Crippen LogP contribution in [-0.4, -0.2) is 19.0 Å². The zero-order valence-corrected chi connectivity index (χ0v) is 11.5. The average molecular weight is 285 g/mol. The van der Waals surface area contributed by atoms with E-state index in [1.165, 1.54) is 25.5 Å². The zero-order valence-electron chi connectivity index (χ0n) is 11.5. The Hall–Kier alpha value is -2.82. The van der Waals surface area contributed by atoms with Crippen LogP contribution in [0.3, 0.4) is 0 Å². The fraction of sp³-hybridized carbons (Fsp3) is 0.125. The molecule has 0 saturated carbocycles. The first-order valence-electron chi connectivity index (χ1n) is 6.35. The number of carbonyl (C=O) groups is 2. The first-order chi connectivity index (χ1) is 10.2. The number of methoxy groups -OCH3 is 1. The van der Waals surface area contributed by atoms with Gasteiger partial charge in [0.05, 0.1) is 13.4 Å². The third-order valence-corrected chi connectivity index (χ3v) is 2.80. The number of esters is 1. The van der Waals surface area contributed by atoms with E-state index in [1.54, 1.807) is 36.4 Å². The normalized spacial score (nSPS) is 12.0. The summed E-state index contributed by atoms with van der Waals surface area (Å²) in [6.07, 6.45) is 4.34. The van der Waals surface area contributed by atoms with Gasteiger partial charge >= 0.3 is 5.97 Å². The fourth-order valence-electron chi connectivity index (χ4n) is 1.78. The first kappa shape index (κ1) is 14.6. The van der Waals surface area contributed by atoms with E-state index in [9.17, 15) is 9.59 Å². The standard InChI is InChI=1S/C16H15NO4/c1-20-16(19)15(12-6-3-2-4-7-12)17-14(18)10-9-13-8-5-11-21-13/h2-11,15H,1H3,(H,17,18)/b10-9-/t15-/m0/s1. The van der Waals surface area contributed by atoms with Gasteiger partial charge in [-0.1, -0.05) is 30.3 Å². The molecule has 0 radical (unpaired) electrons. The number of nitrogens with one attached hydrogen (secondary N) is 1. The van der Waals surface area contributed by atoms with Crippen LogP contribution in [0.1, 0.15) is 17.4 Å². The molecule has 1 aromatic heterocycles. The zero-order chi connectivity index (χ0) is 15.1. The summed E-state index contributed by atoms with van der Waals surface area (Å²) in [5.41, 5.74) is 0.657. The molecule has 1 heterocycles. The van der Waals surface area contributed by atoms with Gasteiger partial charge in [-0.05, 0) is 23.8 Å². The van der Waals surface area contributed by atoms with Crippen LogP contribution in [0.15, 0.2) is 59.2 Å². The highest BCUT2D eigenvalue weighted by atomic mass is 16.5. The van der Waals surface area contributed by atoms with Crippen molar-refractivity contribution in [3.05, 3.63) is 66.1 Å². The smallest absolute Gasteiger partial charge is 0.333 e. The minimum atomic E-state index is -0.843. The minimum absolute atomic E-state index is 0.411. The molecule has 0 fully saturated rings. The molecule has 5 heteroatoms. The van der Waals surface area contributed by atoms with E-state index in [0.717, 1.165) is 0 Å². The van der Waals surface area contributed by atoms with Crippen molar-refractivity contribution < 1.29 is 18.7 Å². The highest BCUT2D eigenvalue weighted by Gasteiger charge is 2.22. The van der Waals surface area contributed by atoms with Crippen molar-refractivity contribution in [2.75, 3.05) is 7.11 Å². The second-order valence-electron chi connectivity index (χ2n) is 4.22. The molecule has 0 unspecified atom stereocenters. The Labute approximate surface area is 122 Å². The van der Waals surface area contributed by atoms with Crippen molar-refractivity contribution in [2.24, 2.45) is 0 Å². The molecule has 0 aliphatic rings. The van der Waals surface area contributed by atoms with Gasteiger partial charge in [-0.2, -0.15) is 0 Å². The van der Waals surface area contributed by atoms with Gasteiger partial charge in [-0.3, -0.25) is 4.79 Å². The monoisotopic (exact) mass is 285 g/mol. The van der Waals surface area contributed by atoms with Crippen molar-refractivity contribution in [2.45, 2.75) is 6.04 Å². The minimum Gasteiger partial charge on any atom is -0.467 e. The summed E-state index contributed by atoms with van der Waals surface area (Å²) in [6, 6.07) is 11.5. The summed E-state index contributed by atoms with van der Waals surface area (Å²) in [5, 5.41) is 2.60. The maximum Gasteiger partial charge on any atom is 0.333 e. The summed E-state index contributed by atoms with van der Waals surface area (Å²) in [6.45, 7) is 0. The van der Waals surface area contributed by atoms with Crippen LogP contribution in [0.5, 0.6) is 0 Å². The summed E-state index contributed by atoms with van der Waals surface area (Å²) >= 11 is 0. The van der Waals surface area contributed by atoms with Crippen molar-refractivity contribution in [3.63, 3.8) is 0 Å². The van der Waals surface area contributed by atoms with Gasteiger partial charge in [-0.25, -0.2) is 4.79 Å². The van der Waals surface area contributed by atoms with Gasteiger partial charge in [0.1, 0.15) is 5.76 Å². The quantitative estimate of drug-likeness (QED) is 0.676. The Kier molecular flexibility index (Phi) is 4.93. The molecule has 1 amide bonds. The van der Waals surface area contributed by atoms with E-state index >= 15 is 0 Å². The van der Waals surface area contributed by atoms with Gasteiger partial charge in [0.15, 0.2) is 6.04 Å². The van der Waals surface area contributed by atoms with Crippen LogP contribution in [0, 0.1) is 0 Å². The van der Waals surface area contributed by atoms with Crippen molar-refractivity contribution >= 4 is 18.0 Å². The van der Waals surface area contributed by atoms with E-state index in [2.05, 4.69) is 5.32 Å². The van der Waals surface area contributed by atoms with Gasteiger partial charge in [-0.15, -0.1) is 0 Å². The maximum absolute atomic E-state index is 11.9. The van der Waals surface area contributed by atoms with E-state index in [1.807, 2.05) is 6.07 Å². The Balaban J connectivity index is 2.08. The molecule has 21 heavy (non-hydrogen) atoms. The highest BCUT2D eigenvalue weighted by molar-refractivity contribution is 5.94. The Bertz CT molecular complexity index is 617. The maximum atomic E-state index is 11.9. The van der Waals surface area contributed by atoms with Crippen molar-refractivity contribution in [3.8, 4) is 0 Å². The summed E-state index contributed by atoms with van der Waals surface area (Å²) in [7, 11) is 1.28. The third-order valence-electron chi connectivity index (χ3n) is 2.80. The van der Waals surface area contributed by atoms with Gasteiger partial charge in [0.2, 0.25) is 5.91 Å². The van der Waals surface area contributed by atoms with E-state index in [0.29, 0.717) is 11.3 Å². The molecule has 1 aromatic carbocycles. The van der Waals surface area contributed by atoms with E-state index in [4.69, 9.17) is 9.15 Å². The number of furan rings is 1. The Morgan fingerprint density at radius 2 is 1.95 bits per heavy atom. The van der Waals surface area contributed by atoms with Gasteiger partial charge in [0.25, 0.3) is 0 Å². The highest BCUT2D eigenvalue weighted by Crippen LogP contribution is 2.14. The van der Waals surface area contributed by atoms with Crippen molar-refractivity contribution in [1.29, 1.82) is 0 Å². The predicted octanol–water partition coefficient (Wildman–Crippen LogP) is 2.32. The SMILES string of the molecule is COC(=O)[C@@H](NC(=O)/C=C\c1ccco1)c1ccccc1. The Morgan fingerprint density at radius 3 is 2.57 bits per heavy atom. The van der Waals surface area contributed by atoms with E-state index < -0.39 is 17.9 Å². The molecule has 1 atom stereocenters. The lowest BCUT2D eigenvalue weighted by Gasteiger charge is -2.15. The van der Waals surface area contributed by atoms with Crippen LogP contribution in [0.4, 0.5) is 0 Å². The number of benzene rings is 1. The van der Waals surface area contributed by atoms with Crippen LogP contribution in [0.25, 0.3) is 6.08 Å². The van der Waals surface area contributed by atoms with Crippen LogP contribution < -0.4 is 5.32 Å². The predicted molar refractivity (Wildman–Crippen MR) is 77.1 cm³/mol. The van der Waals surface area contributed by atoms with Crippen LogP contribution in [0.2, 0.25) is 0 Å². The lowest BCUT2D eigenvalue weighted by Crippen LogP contribution is -2.33. The number of rotatable bonds is 5. The molecule has 0 spiro atoms. The number of amides is 1. The number of hydrogen-bond acceptors (Lipinski definition) is 4. The van der Waals surface area contributed by atoms with E-state index in [-0.39, 0.29) is 0 Å². The molecule has 0 aliphatic carbocycles. The Morgan fingerprint density at radius 1 is 1.19 bits per heavy atom. The molecular weight excluding hydrogens is 270 g/mol. The summed E-state index contributed by atoms with van der Waals surface area (Å²) in [4.78, 5) is 23.7. The number of carbonyl (C=O) groups excluding carboxylic acids is 2. The molecule has 0 aliphatic heterocycles. The second-order valence-corrected chi connectivity index (χ2v) is 4.22. The molecule has 2 aromatic rings. The number of ether oxygens (including phenoxy) is 1. The molecule has 0 bridgehead atoms. The number of hydrogen-bond donors (Lipinski definition) is 1. The molecule has 5 nitrogen and oxygen atoms in total. The molecule has 0 saturated heterocycles. The topological polar surface area (TPSA) is 68.5 Å². The molecular formula is C16H15NO4. The lowest BCUT2D eigenvalue weighted by molar-refractivity contribution is -0.144. The van der Waals surface area contributed by atoms with Gasteiger partial charge in [0, 0.05) is 6.08 Å². The largest absolute Gasteiger partial charge is 0.467 e. The molecule has 2 rings (SSSR count). The summed E-state index contributed by atoms with van der Waals surface area (Å²) < 4.78 is 9.81. The third kappa shape index (κ3) is 4.07. The van der Waals surface area contributed by atoms with Crippen molar-refractivity contribution in [1.82, 2.24) is 5.32 Å². The summed E-state index contributed by atoms with van der Waals surface area (Å²) in [5.74, 6) is -0.383. The van der Waals surface area contributed by atoms with Crippen LogP contribution >= 0.6 is 0 Å². The average Bonchev–Trinajstić information content (AvgIpc) is 3.04. The lowest BCUT2D eigenvalue weighted by atomic mass is 10.1. The second kappa shape index (κ2) is 7.09. The molecule has 108 valence electrons. The first-order valence-corrected chi connectivity index (χ1v) is 6.35.